The van der Waals surface area contributed by atoms with E-state index in [2.05, 4.69) is 17.2 Å². The number of rotatable bonds is 6. The zero-order valence-corrected chi connectivity index (χ0v) is 15.0. The van der Waals surface area contributed by atoms with Crippen LogP contribution < -0.4 is 5.32 Å². The van der Waals surface area contributed by atoms with Gasteiger partial charge < -0.3 is 10.2 Å². The molecule has 2 aromatic heterocycles. The predicted molar refractivity (Wildman–Crippen MR) is 96.8 cm³/mol. The molecule has 1 saturated carbocycles. The number of hydrogen-bond donors (Lipinski definition) is 1. The van der Waals surface area contributed by atoms with Crippen LogP contribution in [0.2, 0.25) is 0 Å². The summed E-state index contributed by atoms with van der Waals surface area (Å²) >= 11 is 0. The smallest absolute Gasteiger partial charge is 0.289 e. The number of unbranched alkanes of at least 4 members (excludes halogenated alkanes) is 1. The van der Waals surface area contributed by atoms with E-state index in [0.717, 1.165) is 38.5 Å². The van der Waals surface area contributed by atoms with E-state index in [1.165, 1.54) is 0 Å². The first kappa shape index (κ1) is 17.5. The molecule has 3 rings (SSSR count). The molecule has 0 spiro atoms. The SMILES string of the molecule is CCCCN(C)C(=O)c1nc(C(=O)NC2CCCC2)c2ccccn12. The maximum Gasteiger partial charge on any atom is 0.289 e. The van der Waals surface area contributed by atoms with Crippen molar-refractivity contribution in [1.82, 2.24) is 19.6 Å². The Hall–Kier alpha value is -2.37. The summed E-state index contributed by atoms with van der Waals surface area (Å²) in [6, 6.07) is 5.76. The fourth-order valence-corrected chi connectivity index (χ4v) is 3.35. The van der Waals surface area contributed by atoms with Gasteiger partial charge in [0, 0.05) is 25.8 Å². The van der Waals surface area contributed by atoms with E-state index in [0.29, 0.717) is 23.6 Å². The van der Waals surface area contributed by atoms with Gasteiger partial charge in [-0.3, -0.25) is 14.0 Å². The monoisotopic (exact) mass is 342 g/mol. The first-order valence-corrected chi connectivity index (χ1v) is 9.15. The molecule has 134 valence electrons. The summed E-state index contributed by atoms with van der Waals surface area (Å²) in [6.07, 6.45) is 8.10. The van der Waals surface area contributed by atoms with Crippen LogP contribution in [0.5, 0.6) is 0 Å². The lowest BCUT2D eigenvalue weighted by atomic mass is 10.2. The zero-order valence-electron chi connectivity index (χ0n) is 15.0. The van der Waals surface area contributed by atoms with Crippen molar-refractivity contribution in [2.24, 2.45) is 0 Å². The molecule has 0 bridgehead atoms. The van der Waals surface area contributed by atoms with Crippen LogP contribution >= 0.6 is 0 Å². The summed E-state index contributed by atoms with van der Waals surface area (Å²) in [6.45, 7) is 2.77. The van der Waals surface area contributed by atoms with Crippen molar-refractivity contribution in [2.45, 2.75) is 51.5 Å². The molecule has 1 aliphatic carbocycles. The van der Waals surface area contributed by atoms with Gasteiger partial charge in [-0.2, -0.15) is 0 Å². The van der Waals surface area contributed by atoms with Crippen molar-refractivity contribution in [3.8, 4) is 0 Å². The van der Waals surface area contributed by atoms with Gasteiger partial charge in [-0.15, -0.1) is 0 Å². The molecular formula is C19H26N4O2. The molecule has 6 nitrogen and oxygen atoms in total. The molecule has 1 fully saturated rings. The number of nitrogens with zero attached hydrogens (tertiary/aromatic N) is 3. The van der Waals surface area contributed by atoms with Crippen LogP contribution in [0, 0.1) is 0 Å². The van der Waals surface area contributed by atoms with Crippen LogP contribution in [0.15, 0.2) is 24.4 Å². The van der Waals surface area contributed by atoms with Gasteiger partial charge in [0.2, 0.25) is 5.82 Å². The minimum atomic E-state index is -0.189. The van der Waals surface area contributed by atoms with Crippen LogP contribution in [0.1, 0.15) is 66.6 Å². The molecule has 25 heavy (non-hydrogen) atoms. The summed E-state index contributed by atoms with van der Waals surface area (Å²) < 4.78 is 1.72. The average Bonchev–Trinajstić information content (AvgIpc) is 3.26. The Morgan fingerprint density at radius 3 is 2.80 bits per heavy atom. The van der Waals surface area contributed by atoms with Gasteiger partial charge in [-0.25, -0.2) is 4.98 Å². The van der Waals surface area contributed by atoms with E-state index in [1.54, 1.807) is 22.5 Å². The second-order valence-electron chi connectivity index (χ2n) is 6.78. The summed E-state index contributed by atoms with van der Waals surface area (Å²) in [5.74, 6) is -0.0498. The average molecular weight is 342 g/mol. The number of fused-ring (bicyclic) bond motifs is 1. The maximum atomic E-state index is 12.8. The fourth-order valence-electron chi connectivity index (χ4n) is 3.35. The number of aromatic nitrogens is 2. The number of carbonyl (C=O) groups excluding carboxylic acids is 2. The molecular weight excluding hydrogens is 316 g/mol. The quantitative estimate of drug-likeness (QED) is 0.878. The van der Waals surface area contributed by atoms with E-state index in [4.69, 9.17) is 0 Å². The van der Waals surface area contributed by atoms with Gasteiger partial charge in [0.25, 0.3) is 11.8 Å². The molecule has 6 heteroatoms. The van der Waals surface area contributed by atoms with E-state index < -0.39 is 0 Å². The Morgan fingerprint density at radius 2 is 2.08 bits per heavy atom. The Bertz CT molecular complexity index is 762. The zero-order chi connectivity index (χ0) is 17.8. The number of amides is 2. The Morgan fingerprint density at radius 1 is 1.32 bits per heavy atom. The number of nitrogens with one attached hydrogen (secondary N) is 1. The van der Waals surface area contributed by atoms with Gasteiger partial charge in [0.15, 0.2) is 5.69 Å². The lowest BCUT2D eigenvalue weighted by molar-refractivity contribution is 0.0780. The second-order valence-corrected chi connectivity index (χ2v) is 6.78. The van der Waals surface area contributed by atoms with E-state index in [1.807, 2.05) is 18.2 Å². The van der Waals surface area contributed by atoms with Crippen molar-refractivity contribution in [1.29, 1.82) is 0 Å². The third-order valence-electron chi connectivity index (χ3n) is 4.84. The number of carbonyl (C=O) groups is 2. The molecule has 0 radical (unpaired) electrons. The van der Waals surface area contributed by atoms with Crippen molar-refractivity contribution >= 4 is 17.3 Å². The standard InChI is InChI=1S/C19H26N4O2/c1-3-4-12-22(2)19(25)17-21-16(15-11-7-8-13-23(15)17)18(24)20-14-9-5-6-10-14/h7-8,11,13-14H,3-6,9-10,12H2,1-2H3,(H,20,24). The Balaban J connectivity index is 1.89. The van der Waals surface area contributed by atoms with Crippen LogP contribution in [0.25, 0.3) is 5.52 Å². The molecule has 1 aliphatic rings. The number of hydrogen-bond acceptors (Lipinski definition) is 3. The van der Waals surface area contributed by atoms with Crippen LogP contribution in [0.4, 0.5) is 0 Å². The molecule has 0 atom stereocenters. The third-order valence-corrected chi connectivity index (χ3v) is 4.84. The molecule has 2 aromatic rings. The largest absolute Gasteiger partial charge is 0.348 e. The van der Waals surface area contributed by atoms with Gasteiger partial charge in [0.1, 0.15) is 0 Å². The summed E-state index contributed by atoms with van der Waals surface area (Å²) in [5, 5.41) is 3.06. The second kappa shape index (κ2) is 7.68. The lowest BCUT2D eigenvalue weighted by Gasteiger charge is -2.15. The van der Waals surface area contributed by atoms with Gasteiger partial charge in [-0.1, -0.05) is 32.3 Å². The van der Waals surface area contributed by atoms with Crippen LogP contribution in [-0.4, -0.2) is 45.7 Å². The highest BCUT2D eigenvalue weighted by atomic mass is 16.2. The molecule has 0 aliphatic heterocycles. The first-order chi connectivity index (χ1) is 12.1. The van der Waals surface area contributed by atoms with E-state index >= 15 is 0 Å². The van der Waals surface area contributed by atoms with E-state index in [9.17, 15) is 9.59 Å². The van der Waals surface area contributed by atoms with Gasteiger partial charge in [0.05, 0.1) is 5.52 Å². The van der Waals surface area contributed by atoms with Crippen LogP contribution in [0.3, 0.4) is 0 Å². The van der Waals surface area contributed by atoms with Crippen molar-refractivity contribution < 1.29 is 9.59 Å². The number of imidazole rings is 1. The first-order valence-electron chi connectivity index (χ1n) is 9.15. The molecule has 2 heterocycles. The molecule has 0 unspecified atom stereocenters. The predicted octanol–water partition coefficient (Wildman–Crippen LogP) is 2.88. The lowest BCUT2D eigenvalue weighted by Crippen LogP contribution is -2.33. The fraction of sp³-hybridized carbons (Fsp3) is 0.526. The van der Waals surface area contributed by atoms with Gasteiger partial charge >= 0.3 is 0 Å². The molecule has 1 N–H and O–H groups in total. The highest BCUT2D eigenvalue weighted by molar-refractivity contribution is 6.02. The van der Waals surface area contributed by atoms with Gasteiger partial charge in [-0.05, 0) is 31.4 Å². The Labute approximate surface area is 148 Å². The van der Waals surface area contributed by atoms with Crippen LogP contribution in [-0.2, 0) is 0 Å². The number of pyridine rings is 1. The molecule has 0 aromatic carbocycles. The normalized spacial score (nSPS) is 14.8. The topological polar surface area (TPSA) is 66.7 Å². The minimum Gasteiger partial charge on any atom is -0.348 e. The Kier molecular flexibility index (Phi) is 5.36. The maximum absolute atomic E-state index is 12.8. The summed E-state index contributed by atoms with van der Waals surface area (Å²) in [4.78, 5) is 31.5. The third kappa shape index (κ3) is 3.67. The highest BCUT2D eigenvalue weighted by Gasteiger charge is 2.25. The van der Waals surface area contributed by atoms with E-state index in [-0.39, 0.29) is 17.9 Å². The van der Waals surface area contributed by atoms with Crippen molar-refractivity contribution in [2.75, 3.05) is 13.6 Å². The van der Waals surface area contributed by atoms with Crippen molar-refractivity contribution in [3.63, 3.8) is 0 Å². The minimum absolute atomic E-state index is 0.158. The summed E-state index contributed by atoms with van der Waals surface area (Å²) in [5.41, 5.74) is 1.00. The molecule has 0 saturated heterocycles. The summed E-state index contributed by atoms with van der Waals surface area (Å²) in [7, 11) is 1.78. The van der Waals surface area contributed by atoms with Crippen molar-refractivity contribution in [3.05, 3.63) is 35.9 Å². The molecule has 2 amide bonds. The highest BCUT2D eigenvalue weighted by Crippen LogP contribution is 2.20.